The molecule has 0 aromatic rings. The molecule has 2 N–H and O–H groups in total. The van der Waals surface area contributed by atoms with E-state index in [9.17, 15) is 9.59 Å². The summed E-state index contributed by atoms with van der Waals surface area (Å²) in [6, 6.07) is 0. The second kappa shape index (κ2) is 12.7. The molecule has 30 heavy (non-hydrogen) atoms. The minimum atomic E-state index is -0.510. The van der Waals surface area contributed by atoms with Crippen molar-refractivity contribution in [2.24, 2.45) is 17.8 Å². The second-order valence-corrected chi connectivity index (χ2v) is 8.60. The molecule has 2 unspecified atom stereocenters. The predicted molar refractivity (Wildman–Crippen MR) is 112 cm³/mol. The number of carbonyl (C=O) groups is 2. The number of alkyl carbamates (subject to hydrolysis) is 2. The Balaban J connectivity index is 1.35. The number of hydrogen-bond donors (Lipinski definition) is 2. The number of carbonyl (C=O) groups excluding carboxylic acids is 2. The van der Waals surface area contributed by atoms with Gasteiger partial charge in [-0.3, -0.25) is 0 Å². The van der Waals surface area contributed by atoms with Crippen molar-refractivity contribution in [3.05, 3.63) is 0 Å². The van der Waals surface area contributed by atoms with Gasteiger partial charge < -0.3 is 29.6 Å². The van der Waals surface area contributed by atoms with Gasteiger partial charge in [0.05, 0.1) is 33.0 Å². The lowest BCUT2D eigenvalue weighted by Gasteiger charge is -2.19. The summed E-state index contributed by atoms with van der Waals surface area (Å²) in [4.78, 5) is 23.2. The first kappa shape index (κ1) is 24.3. The normalized spacial score (nSPS) is 22.4. The van der Waals surface area contributed by atoms with Gasteiger partial charge in [0.25, 0.3) is 0 Å². The van der Waals surface area contributed by atoms with E-state index in [0.29, 0.717) is 63.9 Å². The van der Waals surface area contributed by atoms with Crippen LogP contribution in [0.25, 0.3) is 0 Å². The van der Waals surface area contributed by atoms with E-state index in [1.807, 2.05) is 20.8 Å². The minimum absolute atomic E-state index is 0.373. The Kier molecular flexibility index (Phi) is 10.2. The summed E-state index contributed by atoms with van der Waals surface area (Å²) in [6.07, 6.45) is 3.33. The molecule has 0 heterocycles. The van der Waals surface area contributed by atoms with Gasteiger partial charge in [-0.05, 0) is 51.4 Å². The van der Waals surface area contributed by atoms with Crippen molar-refractivity contribution >= 4 is 12.2 Å². The first-order chi connectivity index (χ1) is 14.4. The lowest BCUT2D eigenvalue weighted by molar-refractivity contribution is 0.0399. The molecule has 2 aliphatic carbocycles. The molecule has 0 aromatic heterocycles. The molecule has 0 radical (unpaired) electrons. The summed E-state index contributed by atoms with van der Waals surface area (Å²) in [7, 11) is 0. The van der Waals surface area contributed by atoms with E-state index in [1.54, 1.807) is 0 Å². The maximum absolute atomic E-state index is 11.8. The van der Waals surface area contributed by atoms with Gasteiger partial charge in [0.1, 0.15) is 5.60 Å². The van der Waals surface area contributed by atoms with Crippen LogP contribution in [0.15, 0.2) is 0 Å². The Morgan fingerprint density at radius 2 is 1.40 bits per heavy atom. The van der Waals surface area contributed by atoms with Gasteiger partial charge in [0.15, 0.2) is 0 Å². The Morgan fingerprint density at radius 1 is 0.867 bits per heavy atom. The Bertz CT molecular complexity index is 589. The van der Waals surface area contributed by atoms with Crippen molar-refractivity contribution in [2.75, 3.05) is 46.1 Å². The third-order valence-electron chi connectivity index (χ3n) is 5.05. The van der Waals surface area contributed by atoms with Gasteiger partial charge in [0, 0.05) is 25.9 Å². The molecule has 2 rings (SSSR count). The fourth-order valence-corrected chi connectivity index (χ4v) is 3.59. The average Bonchev–Trinajstić information content (AvgIpc) is 3.29. The molecule has 170 valence electrons. The van der Waals surface area contributed by atoms with Gasteiger partial charge in [-0.25, -0.2) is 9.59 Å². The largest absolute Gasteiger partial charge is 0.449 e. The standard InChI is InChI=1S/C22H36N2O6/c1-22(2,3)30-21(26)24-11-13-28-15-14-27-12-10-23-20(25)29-16-19-17-8-6-4-5-7-9-18(17)19/h17-19H,6-16H2,1-3H3,(H,23,25)(H,24,26). The molecule has 8 nitrogen and oxygen atoms in total. The molecule has 2 atom stereocenters. The maximum atomic E-state index is 11.8. The minimum Gasteiger partial charge on any atom is -0.449 e. The molecule has 0 aromatic carbocycles. The van der Waals surface area contributed by atoms with E-state index >= 15 is 0 Å². The number of fused-ring (bicyclic) bond motifs is 1. The van der Waals surface area contributed by atoms with E-state index in [2.05, 4.69) is 22.5 Å². The Morgan fingerprint density at radius 3 is 1.93 bits per heavy atom. The fourth-order valence-electron chi connectivity index (χ4n) is 3.59. The van der Waals surface area contributed by atoms with Gasteiger partial charge in [-0.15, -0.1) is 11.8 Å². The second-order valence-electron chi connectivity index (χ2n) is 8.60. The number of rotatable bonds is 11. The molecule has 2 aliphatic rings. The van der Waals surface area contributed by atoms with E-state index in [1.165, 1.54) is 0 Å². The van der Waals surface area contributed by atoms with E-state index < -0.39 is 17.8 Å². The summed E-state index contributed by atoms with van der Waals surface area (Å²) >= 11 is 0. The van der Waals surface area contributed by atoms with Gasteiger partial charge in [-0.1, -0.05) is 0 Å². The van der Waals surface area contributed by atoms with Crippen LogP contribution in [-0.4, -0.2) is 63.9 Å². The van der Waals surface area contributed by atoms with Crippen LogP contribution in [0.2, 0.25) is 0 Å². The van der Waals surface area contributed by atoms with Gasteiger partial charge in [0.2, 0.25) is 0 Å². The van der Waals surface area contributed by atoms with Gasteiger partial charge in [-0.2, -0.15) is 0 Å². The number of ether oxygens (including phenoxy) is 4. The zero-order valence-electron chi connectivity index (χ0n) is 18.5. The fraction of sp³-hybridized carbons (Fsp3) is 0.818. The molecule has 1 fully saturated rings. The highest BCUT2D eigenvalue weighted by molar-refractivity contribution is 5.67. The number of hydrogen-bond acceptors (Lipinski definition) is 6. The molecule has 0 spiro atoms. The highest BCUT2D eigenvalue weighted by Crippen LogP contribution is 2.52. The monoisotopic (exact) mass is 424 g/mol. The van der Waals surface area contributed by atoms with Crippen molar-refractivity contribution in [3.8, 4) is 11.8 Å². The van der Waals surface area contributed by atoms with Crippen LogP contribution >= 0.6 is 0 Å². The van der Waals surface area contributed by atoms with Crippen molar-refractivity contribution in [2.45, 2.75) is 52.1 Å². The topological polar surface area (TPSA) is 95.1 Å². The lowest BCUT2D eigenvalue weighted by atomic mass is 10.1. The first-order valence-corrected chi connectivity index (χ1v) is 10.9. The van der Waals surface area contributed by atoms with E-state index in [0.717, 1.165) is 25.7 Å². The average molecular weight is 425 g/mol. The molecular weight excluding hydrogens is 388 g/mol. The molecule has 0 aliphatic heterocycles. The summed E-state index contributed by atoms with van der Waals surface area (Å²) in [5, 5.41) is 5.32. The maximum Gasteiger partial charge on any atom is 0.407 e. The van der Waals surface area contributed by atoms with Crippen LogP contribution in [0, 0.1) is 29.6 Å². The van der Waals surface area contributed by atoms with E-state index in [-0.39, 0.29) is 0 Å². The van der Waals surface area contributed by atoms with Crippen LogP contribution < -0.4 is 10.6 Å². The quantitative estimate of drug-likeness (QED) is 0.391. The zero-order chi connectivity index (χ0) is 21.8. The van der Waals surface area contributed by atoms with Crippen LogP contribution in [0.5, 0.6) is 0 Å². The molecule has 0 saturated heterocycles. The third-order valence-corrected chi connectivity index (χ3v) is 5.05. The molecule has 8 heteroatoms. The van der Waals surface area contributed by atoms with Crippen LogP contribution in [-0.2, 0) is 18.9 Å². The van der Waals surface area contributed by atoms with E-state index in [4.69, 9.17) is 18.9 Å². The van der Waals surface area contributed by atoms with Gasteiger partial charge >= 0.3 is 12.2 Å². The van der Waals surface area contributed by atoms with Crippen LogP contribution in [0.3, 0.4) is 0 Å². The summed E-state index contributed by atoms with van der Waals surface area (Å²) in [5.41, 5.74) is -0.510. The smallest absolute Gasteiger partial charge is 0.407 e. The highest BCUT2D eigenvalue weighted by Gasteiger charge is 2.49. The molecule has 1 saturated carbocycles. The highest BCUT2D eigenvalue weighted by atomic mass is 16.6. The van der Waals surface area contributed by atoms with Crippen molar-refractivity contribution in [1.29, 1.82) is 0 Å². The summed E-state index contributed by atoms with van der Waals surface area (Å²) < 4.78 is 21.2. The SMILES string of the molecule is CC(C)(C)OC(=O)NCCOCCOCCNC(=O)OCC1C2CCC#CCCC21. The molecular formula is C22H36N2O6. The number of amides is 2. The van der Waals surface area contributed by atoms with Crippen molar-refractivity contribution < 1.29 is 28.5 Å². The summed E-state index contributed by atoms with van der Waals surface area (Å²) in [5.74, 6) is 8.22. The summed E-state index contributed by atoms with van der Waals surface area (Å²) in [6.45, 7) is 8.28. The Labute approximate surface area is 179 Å². The molecule has 2 amide bonds. The van der Waals surface area contributed by atoms with Crippen molar-refractivity contribution in [1.82, 2.24) is 10.6 Å². The third kappa shape index (κ3) is 10.2. The van der Waals surface area contributed by atoms with Crippen LogP contribution in [0.1, 0.15) is 46.5 Å². The lowest BCUT2D eigenvalue weighted by Crippen LogP contribution is -2.34. The molecule has 0 bridgehead atoms. The van der Waals surface area contributed by atoms with Crippen molar-refractivity contribution in [3.63, 3.8) is 0 Å². The predicted octanol–water partition coefficient (Wildman–Crippen LogP) is 2.71. The zero-order valence-corrected chi connectivity index (χ0v) is 18.5. The first-order valence-electron chi connectivity index (χ1n) is 10.9. The van der Waals surface area contributed by atoms with Crippen LogP contribution in [0.4, 0.5) is 9.59 Å². The Hall–Kier alpha value is -1.98. The number of nitrogens with one attached hydrogen (secondary N) is 2.